The zero-order valence-electron chi connectivity index (χ0n) is 13.8. The molecule has 1 aromatic carbocycles. The Bertz CT molecular complexity index is 639. The van der Waals surface area contributed by atoms with Crippen LogP contribution in [0.5, 0.6) is 0 Å². The lowest BCUT2D eigenvalue weighted by Gasteiger charge is -2.38. The normalized spacial score (nSPS) is 28.1. The highest BCUT2D eigenvalue weighted by molar-refractivity contribution is 7.92. The molecule has 3 rings (SSSR count). The van der Waals surface area contributed by atoms with Gasteiger partial charge in [0, 0.05) is 6.54 Å². The van der Waals surface area contributed by atoms with E-state index in [2.05, 4.69) is 5.32 Å². The van der Waals surface area contributed by atoms with Gasteiger partial charge in [0.25, 0.3) is 0 Å². The van der Waals surface area contributed by atoms with Gasteiger partial charge in [0.15, 0.2) is 9.84 Å². The molecular weight excluding hydrogens is 326 g/mol. The molecule has 2 fully saturated rings. The Balaban J connectivity index is 1.38. The summed E-state index contributed by atoms with van der Waals surface area (Å²) in [5, 5.41) is 2.47. The first kappa shape index (κ1) is 17.3. The van der Waals surface area contributed by atoms with Crippen LogP contribution in [0.1, 0.15) is 44.1 Å². The molecule has 1 N–H and O–H groups in total. The second kappa shape index (κ2) is 7.55. The Morgan fingerprint density at radius 3 is 2.46 bits per heavy atom. The molecule has 0 radical (unpaired) electrons. The number of sulfone groups is 1. The van der Waals surface area contributed by atoms with Crippen LogP contribution < -0.4 is 5.32 Å². The molecule has 2 heterocycles. The third kappa shape index (κ3) is 4.09. The van der Waals surface area contributed by atoms with Gasteiger partial charge in [-0.05, 0) is 43.6 Å². The van der Waals surface area contributed by atoms with E-state index in [9.17, 15) is 13.2 Å². The Labute approximate surface area is 143 Å². The van der Waals surface area contributed by atoms with Gasteiger partial charge in [0.05, 0.1) is 10.5 Å². The maximum Gasteiger partial charge on any atom is 0.407 e. The van der Waals surface area contributed by atoms with Gasteiger partial charge >= 0.3 is 6.09 Å². The monoisotopic (exact) mass is 351 g/mol. The van der Waals surface area contributed by atoms with E-state index in [0.717, 1.165) is 44.1 Å². The van der Waals surface area contributed by atoms with Crippen molar-refractivity contribution >= 4 is 15.9 Å². The second-order valence-corrected chi connectivity index (χ2v) is 9.39. The van der Waals surface area contributed by atoms with E-state index in [-0.39, 0.29) is 17.1 Å². The van der Waals surface area contributed by atoms with Crippen LogP contribution in [0.4, 0.5) is 4.79 Å². The first-order chi connectivity index (χ1) is 11.6. The number of nitrogens with one attached hydrogen (secondary N) is 1. The van der Waals surface area contributed by atoms with Gasteiger partial charge < -0.3 is 10.1 Å². The summed E-state index contributed by atoms with van der Waals surface area (Å²) < 4.78 is 29.7. The number of alkyl carbamates (subject to hydrolysis) is 1. The molecule has 0 saturated carbocycles. The van der Waals surface area contributed by atoms with Crippen molar-refractivity contribution in [2.45, 2.75) is 55.6 Å². The standard InChI is InChI=1S/C18H25NO4S/c20-18(23-13-14-5-2-1-3-6-14)19-10-9-15-11-16-7-4-8-17(12-15)24(16,21)22/h1-3,5-6,15-17H,4,7-13H2,(H,19,20). The molecule has 0 spiro atoms. The smallest absolute Gasteiger partial charge is 0.407 e. The molecule has 2 aliphatic rings. The zero-order chi connectivity index (χ0) is 17.0. The summed E-state index contributed by atoms with van der Waals surface area (Å²) in [4.78, 5) is 11.7. The molecule has 2 unspecified atom stereocenters. The van der Waals surface area contributed by atoms with Crippen molar-refractivity contribution in [3.8, 4) is 0 Å². The summed E-state index contributed by atoms with van der Waals surface area (Å²) in [7, 11) is -2.89. The molecule has 1 amide bonds. The molecule has 2 saturated heterocycles. The molecule has 24 heavy (non-hydrogen) atoms. The predicted octanol–water partition coefficient (Wildman–Crippen LogP) is 3.05. The van der Waals surface area contributed by atoms with E-state index in [4.69, 9.17) is 4.74 Å². The number of amides is 1. The molecule has 6 heteroatoms. The lowest BCUT2D eigenvalue weighted by atomic mass is 9.87. The third-order valence-corrected chi connectivity index (χ3v) is 7.92. The summed E-state index contributed by atoms with van der Waals surface area (Å²) >= 11 is 0. The molecule has 2 bridgehead atoms. The number of hydrogen-bond acceptors (Lipinski definition) is 4. The maximum absolute atomic E-state index is 12.3. The maximum atomic E-state index is 12.3. The average molecular weight is 351 g/mol. The summed E-state index contributed by atoms with van der Waals surface area (Å²) in [6.45, 7) is 0.802. The topological polar surface area (TPSA) is 72.5 Å². The third-order valence-electron chi connectivity index (χ3n) is 5.21. The van der Waals surface area contributed by atoms with Crippen molar-refractivity contribution in [2.75, 3.05) is 6.54 Å². The number of benzene rings is 1. The van der Waals surface area contributed by atoms with Crippen LogP contribution in [0.3, 0.4) is 0 Å². The van der Waals surface area contributed by atoms with Crippen LogP contribution in [0, 0.1) is 5.92 Å². The minimum Gasteiger partial charge on any atom is -0.445 e. The van der Waals surface area contributed by atoms with Crippen LogP contribution in [-0.4, -0.2) is 31.6 Å². The van der Waals surface area contributed by atoms with Crippen LogP contribution in [-0.2, 0) is 21.2 Å². The van der Waals surface area contributed by atoms with E-state index >= 15 is 0 Å². The lowest BCUT2D eigenvalue weighted by molar-refractivity contribution is 0.138. The number of carbonyl (C=O) groups excluding carboxylic acids is 1. The molecule has 5 nitrogen and oxygen atoms in total. The van der Waals surface area contributed by atoms with Gasteiger partial charge in [0.1, 0.15) is 6.61 Å². The fourth-order valence-electron chi connectivity index (χ4n) is 3.91. The Morgan fingerprint density at radius 2 is 1.79 bits per heavy atom. The highest BCUT2D eigenvalue weighted by atomic mass is 32.2. The van der Waals surface area contributed by atoms with Crippen LogP contribution >= 0.6 is 0 Å². The second-order valence-electron chi connectivity index (χ2n) is 6.88. The molecule has 0 aliphatic carbocycles. The van der Waals surface area contributed by atoms with E-state index in [1.807, 2.05) is 30.3 Å². The minimum atomic E-state index is -2.89. The first-order valence-corrected chi connectivity index (χ1v) is 10.3. The van der Waals surface area contributed by atoms with Gasteiger partial charge in [-0.3, -0.25) is 0 Å². The number of carbonyl (C=O) groups is 1. The van der Waals surface area contributed by atoms with Gasteiger partial charge in [-0.15, -0.1) is 0 Å². The quantitative estimate of drug-likeness (QED) is 0.885. The molecule has 2 atom stereocenters. The van der Waals surface area contributed by atoms with Crippen molar-refractivity contribution in [1.29, 1.82) is 0 Å². The fourth-order valence-corrected chi connectivity index (χ4v) is 6.52. The average Bonchev–Trinajstić information content (AvgIpc) is 2.54. The summed E-state index contributed by atoms with van der Waals surface area (Å²) in [6.07, 6.45) is 4.56. The molecule has 0 aromatic heterocycles. The lowest BCUT2D eigenvalue weighted by Crippen LogP contribution is -2.44. The zero-order valence-corrected chi connectivity index (χ0v) is 14.6. The van der Waals surface area contributed by atoms with Crippen molar-refractivity contribution in [1.82, 2.24) is 5.32 Å². The summed E-state index contributed by atoms with van der Waals surface area (Å²) in [5.41, 5.74) is 0.956. The largest absolute Gasteiger partial charge is 0.445 e. The SMILES string of the molecule is O=C(NCCC1CC2CCCC(C1)S2(=O)=O)OCc1ccccc1. The van der Waals surface area contributed by atoms with E-state index in [1.54, 1.807) is 0 Å². The molecule has 132 valence electrons. The first-order valence-electron chi connectivity index (χ1n) is 8.73. The van der Waals surface area contributed by atoms with Crippen molar-refractivity contribution in [2.24, 2.45) is 5.92 Å². The van der Waals surface area contributed by atoms with Crippen molar-refractivity contribution in [3.05, 3.63) is 35.9 Å². The summed E-state index contributed by atoms with van der Waals surface area (Å²) in [6, 6.07) is 9.56. The van der Waals surface area contributed by atoms with Gasteiger partial charge in [0.2, 0.25) is 0 Å². The highest BCUT2D eigenvalue weighted by Gasteiger charge is 2.43. The Morgan fingerprint density at radius 1 is 1.12 bits per heavy atom. The van der Waals surface area contributed by atoms with Crippen LogP contribution in [0.25, 0.3) is 0 Å². The summed E-state index contributed by atoms with van der Waals surface area (Å²) in [5.74, 6) is 0.387. The number of ether oxygens (including phenoxy) is 1. The Kier molecular flexibility index (Phi) is 5.43. The molecule has 1 aromatic rings. The van der Waals surface area contributed by atoms with Crippen molar-refractivity contribution < 1.29 is 17.9 Å². The number of hydrogen-bond donors (Lipinski definition) is 1. The highest BCUT2D eigenvalue weighted by Crippen LogP contribution is 2.40. The van der Waals surface area contributed by atoms with Gasteiger partial charge in [-0.1, -0.05) is 36.8 Å². The Hall–Kier alpha value is -1.56. The number of fused-ring (bicyclic) bond motifs is 2. The predicted molar refractivity (Wildman–Crippen MR) is 92.3 cm³/mol. The van der Waals surface area contributed by atoms with Crippen molar-refractivity contribution in [3.63, 3.8) is 0 Å². The van der Waals surface area contributed by atoms with E-state index in [1.165, 1.54) is 0 Å². The van der Waals surface area contributed by atoms with Gasteiger partial charge in [-0.2, -0.15) is 0 Å². The number of rotatable bonds is 5. The molecular formula is C18H25NO4S. The van der Waals surface area contributed by atoms with E-state index in [0.29, 0.717) is 12.5 Å². The molecule has 2 aliphatic heterocycles. The van der Waals surface area contributed by atoms with Crippen LogP contribution in [0.2, 0.25) is 0 Å². The fraction of sp³-hybridized carbons (Fsp3) is 0.611. The minimum absolute atomic E-state index is 0.153. The van der Waals surface area contributed by atoms with E-state index < -0.39 is 15.9 Å². The van der Waals surface area contributed by atoms with Gasteiger partial charge in [-0.25, -0.2) is 13.2 Å². The van der Waals surface area contributed by atoms with Crippen LogP contribution in [0.15, 0.2) is 30.3 Å².